The van der Waals surface area contributed by atoms with Gasteiger partial charge in [-0.05, 0) is 56.3 Å². The molecular weight excluding hydrogens is 345 g/mol. The van der Waals surface area contributed by atoms with Crippen molar-refractivity contribution in [3.63, 3.8) is 0 Å². The lowest BCUT2D eigenvalue weighted by Gasteiger charge is -2.32. The van der Waals surface area contributed by atoms with E-state index in [9.17, 15) is 0 Å². The molecule has 2 heterocycles. The molecule has 0 aliphatic carbocycles. The van der Waals surface area contributed by atoms with Crippen molar-refractivity contribution in [2.75, 3.05) is 13.1 Å². The molecule has 0 N–H and O–H groups in total. The van der Waals surface area contributed by atoms with Crippen molar-refractivity contribution in [3.05, 3.63) is 71.8 Å². The summed E-state index contributed by atoms with van der Waals surface area (Å²) in [5.74, 6) is 0. The summed E-state index contributed by atoms with van der Waals surface area (Å²) < 4.78 is 12.3. The molecule has 4 heteroatoms. The summed E-state index contributed by atoms with van der Waals surface area (Å²) in [5, 5.41) is 0. The van der Waals surface area contributed by atoms with Crippen LogP contribution in [0.2, 0.25) is 0 Å². The Bertz CT molecular complexity index is 827. The van der Waals surface area contributed by atoms with Gasteiger partial charge in [-0.2, -0.15) is 0 Å². The summed E-state index contributed by atoms with van der Waals surface area (Å²) in [5.41, 5.74) is 4.61. The molecule has 0 bridgehead atoms. The maximum Gasteiger partial charge on any atom is 0.494 e. The average molecular weight is 375 g/mol. The second-order valence-corrected chi connectivity index (χ2v) is 8.91. The summed E-state index contributed by atoms with van der Waals surface area (Å²) in [6.07, 6.45) is 3.46. The molecule has 0 radical (unpaired) electrons. The zero-order valence-corrected chi connectivity index (χ0v) is 17.4. The summed E-state index contributed by atoms with van der Waals surface area (Å²) in [6.45, 7) is 11.5. The van der Waals surface area contributed by atoms with Gasteiger partial charge < -0.3 is 9.31 Å². The first-order chi connectivity index (χ1) is 13.3. The number of hydrogen-bond donors (Lipinski definition) is 0. The van der Waals surface area contributed by atoms with Crippen LogP contribution in [0.1, 0.15) is 45.2 Å². The summed E-state index contributed by atoms with van der Waals surface area (Å²) >= 11 is 0. The van der Waals surface area contributed by atoms with Crippen LogP contribution in [0.25, 0.3) is 5.57 Å². The van der Waals surface area contributed by atoms with Gasteiger partial charge in [0.05, 0.1) is 11.2 Å². The number of rotatable bonds is 4. The molecule has 2 aromatic carbocycles. The first-order valence-corrected chi connectivity index (χ1v) is 10.3. The highest BCUT2D eigenvalue weighted by Crippen LogP contribution is 2.36. The van der Waals surface area contributed by atoms with Crippen LogP contribution in [0.4, 0.5) is 0 Å². The third kappa shape index (κ3) is 3.95. The fourth-order valence-corrected chi connectivity index (χ4v) is 3.79. The topological polar surface area (TPSA) is 21.7 Å². The van der Waals surface area contributed by atoms with E-state index in [0.717, 1.165) is 31.5 Å². The maximum atomic E-state index is 6.16. The molecule has 0 spiro atoms. The number of nitrogens with zero attached hydrogens (tertiary/aromatic N) is 1. The molecule has 28 heavy (non-hydrogen) atoms. The molecular formula is C24H30BNO2. The second-order valence-electron chi connectivity index (χ2n) is 8.91. The third-order valence-electron chi connectivity index (χ3n) is 6.35. The van der Waals surface area contributed by atoms with E-state index in [1.807, 2.05) is 0 Å². The first kappa shape index (κ1) is 19.4. The molecule has 4 rings (SSSR count). The second kappa shape index (κ2) is 7.51. The fourth-order valence-electron chi connectivity index (χ4n) is 3.79. The van der Waals surface area contributed by atoms with E-state index in [4.69, 9.17) is 9.31 Å². The molecule has 0 amide bonds. The SMILES string of the molecule is CC1(C)OB(c2ccc(C3=CCN(Cc4ccccc4)CC3)cc2)OC1(C)C. The lowest BCUT2D eigenvalue weighted by molar-refractivity contribution is 0.00578. The Morgan fingerprint density at radius 1 is 0.893 bits per heavy atom. The quantitative estimate of drug-likeness (QED) is 0.745. The van der Waals surface area contributed by atoms with E-state index in [2.05, 4.69) is 93.3 Å². The van der Waals surface area contributed by atoms with E-state index < -0.39 is 0 Å². The van der Waals surface area contributed by atoms with Gasteiger partial charge >= 0.3 is 7.12 Å². The van der Waals surface area contributed by atoms with Gasteiger partial charge in [0.1, 0.15) is 0 Å². The Labute approximate surface area is 169 Å². The van der Waals surface area contributed by atoms with Gasteiger partial charge in [-0.1, -0.05) is 60.7 Å². The zero-order valence-electron chi connectivity index (χ0n) is 17.4. The van der Waals surface area contributed by atoms with Crippen molar-refractivity contribution in [1.29, 1.82) is 0 Å². The molecule has 0 aromatic heterocycles. The monoisotopic (exact) mass is 375 g/mol. The highest BCUT2D eigenvalue weighted by molar-refractivity contribution is 6.62. The standard InChI is InChI=1S/C24H30BNO2/c1-23(2)24(3,4)28-25(27-23)22-12-10-20(11-13-22)21-14-16-26(17-15-21)18-19-8-6-5-7-9-19/h5-14H,15-18H2,1-4H3. The number of hydrogen-bond acceptors (Lipinski definition) is 3. The maximum absolute atomic E-state index is 6.16. The lowest BCUT2D eigenvalue weighted by atomic mass is 9.78. The molecule has 3 nitrogen and oxygen atoms in total. The number of benzene rings is 2. The largest absolute Gasteiger partial charge is 0.494 e. The van der Waals surface area contributed by atoms with Crippen LogP contribution in [0.15, 0.2) is 60.7 Å². The van der Waals surface area contributed by atoms with Gasteiger partial charge in [0.15, 0.2) is 0 Å². The molecule has 146 valence electrons. The van der Waals surface area contributed by atoms with Crippen molar-refractivity contribution in [2.24, 2.45) is 0 Å². The fraction of sp³-hybridized carbons (Fsp3) is 0.417. The van der Waals surface area contributed by atoms with Crippen LogP contribution < -0.4 is 5.46 Å². The zero-order chi connectivity index (χ0) is 19.8. The van der Waals surface area contributed by atoms with Gasteiger partial charge in [-0.25, -0.2) is 0 Å². The van der Waals surface area contributed by atoms with Crippen molar-refractivity contribution in [2.45, 2.75) is 51.9 Å². The molecule has 0 saturated carbocycles. The predicted molar refractivity (Wildman–Crippen MR) is 116 cm³/mol. The van der Waals surface area contributed by atoms with Gasteiger partial charge in [0.2, 0.25) is 0 Å². The molecule has 2 aliphatic rings. The van der Waals surface area contributed by atoms with Gasteiger partial charge in [-0.15, -0.1) is 0 Å². The van der Waals surface area contributed by atoms with E-state index in [1.165, 1.54) is 16.7 Å². The summed E-state index contributed by atoms with van der Waals surface area (Å²) in [6, 6.07) is 19.4. The van der Waals surface area contributed by atoms with Gasteiger partial charge in [-0.3, -0.25) is 4.90 Å². The Morgan fingerprint density at radius 2 is 1.54 bits per heavy atom. The summed E-state index contributed by atoms with van der Waals surface area (Å²) in [7, 11) is -0.291. The van der Waals surface area contributed by atoms with E-state index >= 15 is 0 Å². The van der Waals surface area contributed by atoms with Crippen LogP contribution in [-0.4, -0.2) is 36.3 Å². The van der Waals surface area contributed by atoms with Crippen molar-refractivity contribution in [1.82, 2.24) is 4.90 Å². The van der Waals surface area contributed by atoms with Crippen LogP contribution in [0, 0.1) is 0 Å². The predicted octanol–water partition coefficient (Wildman–Crippen LogP) is 4.28. The minimum atomic E-state index is -0.301. The minimum Gasteiger partial charge on any atom is -0.399 e. The Hall–Kier alpha value is -1.88. The molecule has 0 atom stereocenters. The van der Waals surface area contributed by atoms with Crippen molar-refractivity contribution >= 4 is 18.2 Å². The highest BCUT2D eigenvalue weighted by atomic mass is 16.7. The molecule has 1 saturated heterocycles. The first-order valence-electron chi connectivity index (χ1n) is 10.3. The van der Waals surface area contributed by atoms with Crippen LogP contribution >= 0.6 is 0 Å². The Morgan fingerprint density at radius 3 is 2.11 bits per heavy atom. The van der Waals surface area contributed by atoms with Crippen molar-refractivity contribution in [3.8, 4) is 0 Å². The van der Waals surface area contributed by atoms with Crippen LogP contribution in [-0.2, 0) is 15.9 Å². The lowest BCUT2D eigenvalue weighted by Crippen LogP contribution is -2.41. The Kier molecular flexibility index (Phi) is 5.21. The van der Waals surface area contributed by atoms with Gasteiger partial charge in [0.25, 0.3) is 0 Å². The highest BCUT2D eigenvalue weighted by Gasteiger charge is 2.51. The normalized spacial score (nSPS) is 21.6. The molecule has 0 unspecified atom stereocenters. The van der Waals surface area contributed by atoms with E-state index in [-0.39, 0.29) is 18.3 Å². The molecule has 2 aliphatic heterocycles. The average Bonchev–Trinajstić information content (AvgIpc) is 2.91. The third-order valence-corrected chi connectivity index (χ3v) is 6.35. The Balaban J connectivity index is 1.40. The van der Waals surface area contributed by atoms with Crippen LogP contribution in [0.3, 0.4) is 0 Å². The van der Waals surface area contributed by atoms with E-state index in [0.29, 0.717) is 0 Å². The summed E-state index contributed by atoms with van der Waals surface area (Å²) in [4.78, 5) is 2.50. The van der Waals surface area contributed by atoms with Crippen LogP contribution in [0.5, 0.6) is 0 Å². The van der Waals surface area contributed by atoms with Crippen molar-refractivity contribution < 1.29 is 9.31 Å². The minimum absolute atomic E-state index is 0.291. The smallest absolute Gasteiger partial charge is 0.399 e. The molecule has 1 fully saturated rings. The van der Waals surface area contributed by atoms with Gasteiger partial charge in [0, 0.05) is 19.6 Å². The molecule has 2 aromatic rings. The van der Waals surface area contributed by atoms with E-state index in [1.54, 1.807) is 0 Å².